The minimum Gasteiger partial charge on any atom is -0.375 e. The van der Waals surface area contributed by atoms with E-state index in [1.807, 2.05) is 12.1 Å². The van der Waals surface area contributed by atoms with E-state index in [9.17, 15) is 4.79 Å². The molecule has 0 aliphatic rings. The number of pyridine rings is 1. The van der Waals surface area contributed by atoms with Gasteiger partial charge in [0.1, 0.15) is 6.61 Å². The third-order valence-electron chi connectivity index (χ3n) is 2.13. The number of amides is 1. The van der Waals surface area contributed by atoms with Gasteiger partial charge in [-0.25, -0.2) is 9.97 Å². The average molecular weight is 244 g/mol. The molecule has 0 saturated carbocycles. The minimum absolute atomic E-state index is 0.00432. The van der Waals surface area contributed by atoms with Gasteiger partial charge in [0.15, 0.2) is 5.82 Å². The maximum Gasteiger partial charge on any atom is 0.250 e. The first-order valence-electron chi connectivity index (χ1n) is 5.31. The van der Waals surface area contributed by atoms with E-state index in [1.54, 1.807) is 24.8 Å². The molecule has 2 rings (SSSR count). The predicted octanol–water partition coefficient (Wildman–Crippen LogP) is 1.12. The lowest BCUT2D eigenvalue weighted by atomic mass is 10.3. The number of aromatic nitrogens is 3. The van der Waals surface area contributed by atoms with Gasteiger partial charge < -0.3 is 10.1 Å². The number of carbonyl (C=O) groups is 1. The molecule has 18 heavy (non-hydrogen) atoms. The molecule has 2 heterocycles. The molecule has 0 bridgehead atoms. The highest BCUT2D eigenvalue weighted by Crippen LogP contribution is 2.13. The molecule has 2 aromatic heterocycles. The van der Waals surface area contributed by atoms with Crippen LogP contribution in [0.2, 0.25) is 0 Å². The van der Waals surface area contributed by atoms with E-state index in [1.165, 1.54) is 7.11 Å². The second-order valence-electron chi connectivity index (χ2n) is 3.52. The largest absolute Gasteiger partial charge is 0.375 e. The van der Waals surface area contributed by atoms with Gasteiger partial charge in [-0.2, -0.15) is 0 Å². The molecule has 0 radical (unpaired) electrons. The van der Waals surface area contributed by atoms with E-state index in [0.29, 0.717) is 11.5 Å². The molecule has 2 aromatic rings. The number of methoxy groups -OCH3 is 1. The van der Waals surface area contributed by atoms with E-state index in [4.69, 9.17) is 4.74 Å². The number of rotatable bonds is 4. The summed E-state index contributed by atoms with van der Waals surface area (Å²) in [5, 5.41) is 2.62. The Balaban J connectivity index is 2.09. The van der Waals surface area contributed by atoms with Crippen molar-refractivity contribution in [3.8, 4) is 11.4 Å². The van der Waals surface area contributed by atoms with Gasteiger partial charge in [-0.05, 0) is 12.1 Å². The van der Waals surface area contributed by atoms with Crippen LogP contribution in [0.15, 0.2) is 36.9 Å². The zero-order chi connectivity index (χ0) is 12.8. The van der Waals surface area contributed by atoms with Gasteiger partial charge in [-0.1, -0.05) is 0 Å². The second-order valence-corrected chi connectivity index (χ2v) is 3.52. The number of ether oxygens (including phenoxy) is 1. The summed E-state index contributed by atoms with van der Waals surface area (Å²) in [6.45, 7) is 0.00432. The summed E-state index contributed by atoms with van der Waals surface area (Å²) in [5.74, 6) is 0.322. The van der Waals surface area contributed by atoms with Crippen molar-refractivity contribution in [1.29, 1.82) is 0 Å². The van der Waals surface area contributed by atoms with Crippen molar-refractivity contribution in [1.82, 2.24) is 15.0 Å². The fourth-order valence-corrected chi connectivity index (χ4v) is 1.36. The molecule has 0 spiro atoms. The van der Waals surface area contributed by atoms with Gasteiger partial charge >= 0.3 is 0 Å². The normalized spacial score (nSPS) is 10.1. The summed E-state index contributed by atoms with van der Waals surface area (Å²) in [6.07, 6.45) is 6.45. The average Bonchev–Trinajstić information content (AvgIpc) is 2.41. The molecule has 0 aromatic carbocycles. The van der Waals surface area contributed by atoms with Crippen molar-refractivity contribution in [2.45, 2.75) is 0 Å². The molecule has 6 nitrogen and oxygen atoms in total. The van der Waals surface area contributed by atoms with Gasteiger partial charge in [-0.15, -0.1) is 0 Å². The summed E-state index contributed by atoms with van der Waals surface area (Å²) >= 11 is 0. The lowest BCUT2D eigenvalue weighted by Gasteiger charge is -2.04. The summed E-state index contributed by atoms with van der Waals surface area (Å²) in [5.41, 5.74) is 1.36. The van der Waals surface area contributed by atoms with Crippen LogP contribution in [0.1, 0.15) is 0 Å². The van der Waals surface area contributed by atoms with Gasteiger partial charge in [0, 0.05) is 25.1 Å². The first-order chi connectivity index (χ1) is 8.79. The van der Waals surface area contributed by atoms with E-state index in [0.717, 1.165) is 5.56 Å². The van der Waals surface area contributed by atoms with Gasteiger partial charge in [0.2, 0.25) is 5.91 Å². The SMILES string of the molecule is COCC(=O)Nc1cnc(-c2cccnc2)nc1. The summed E-state index contributed by atoms with van der Waals surface area (Å²) in [4.78, 5) is 23.6. The van der Waals surface area contributed by atoms with Crippen LogP contribution in [0.5, 0.6) is 0 Å². The summed E-state index contributed by atoms with van der Waals surface area (Å²) < 4.78 is 4.71. The van der Waals surface area contributed by atoms with Crippen molar-refractivity contribution in [3.63, 3.8) is 0 Å². The molecule has 1 N–H and O–H groups in total. The van der Waals surface area contributed by atoms with Crippen LogP contribution >= 0.6 is 0 Å². The van der Waals surface area contributed by atoms with Crippen LogP contribution in [-0.2, 0) is 9.53 Å². The molecule has 0 atom stereocenters. The standard InChI is InChI=1S/C12H12N4O2/c1-18-8-11(17)16-10-6-14-12(15-7-10)9-3-2-4-13-5-9/h2-7H,8H2,1H3,(H,16,17). The maximum absolute atomic E-state index is 11.3. The number of nitrogens with one attached hydrogen (secondary N) is 1. The fraction of sp³-hybridized carbons (Fsp3) is 0.167. The zero-order valence-corrected chi connectivity index (χ0v) is 9.83. The number of hydrogen-bond acceptors (Lipinski definition) is 5. The van der Waals surface area contributed by atoms with Gasteiger partial charge in [0.05, 0.1) is 18.1 Å². The molecule has 0 aliphatic heterocycles. The highest BCUT2D eigenvalue weighted by Gasteiger charge is 2.04. The summed E-state index contributed by atoms with van der Waals surface area (Å²) in [6, 6.07) is 3.68. The maximum atomic E-state index is 11.3. The molecule has 1 amide bonds. The Hall–Kier alpha value is -2.34. The van der Waals surface area contributed by atoms with Crippen LogP contribution in [0, 0.1) is 0 Å². The van der Waals surface area contributed by atoms with E-state index < -0.39 is 0 Å². The monoisotopic (exact) mass is 244 g/mol. The second kappa shape index (κ2) is 5.83. The van der Waals surface area contributed by atoms with E-state index in [-0.39, 0.29) is 12.5 Å². The quantitative estimate of drug-likeness (QED) is 0.872. The number of carbonyl (C=O) groups excluding carboxylic acids is 1. The van der Waals surface area contributed by atoms with Crippen molar-refractivity contribution in [2.24, 2.45) is 0 Å². The molecule has 6 heteroatoms. The first-order valence-corrected chi connectivity index (χ1v) is 5.31. The highest BCUT2D eigenvalue weighted by atomic mass is 16.5. The molecule has 0 saturated heterocycles. The lowest BCUT2D eigenvalue weighted by Crippen LogP contribution is -2.17. The Kier molecular flexibility index (Phi) is 3.93. The van der Waals surface area contributed by atoms with Crippen molar-refractivity contribution in [3.05, 3.63) is 36.9 Å². The van der Waals surface area contributed by atoms with Crippen LogP contribution in [0.3, 0.4) is 0 Å². The molecule has 92 valence electrons. The third kappa shape index (κ3) is 3.08. The van der Waals surface area contributed by atoms with Crippen LogP contribution in [0.4, 0.5) is 5.69 Å². The number of nitrogens with zero attached hydrogens (tertiary/aromatic N) is 3. The Bertz CT molecular complexity index is 513. The molecule has 0 unspecified atom stereocenters. The van der Waals surface area contributed by atoms with Crippen molar-refractivity contribution in [2.75, 3.05) is 19.0 Å². The van der Waals surface area contributed by atoms with Crippen LogP contribution in [0.25, 0.3) is 11.4 Å². The molecule has 0 aliphatic carbocycles. The molecular formula is C12H12N4O2. The Morgan fingerprint density at radius 2 is 2.11 bits per heavy atom. The fourth-order valence-electron chi connectivity index (χ4n) is 1.36. The lowest BCUT2D eigenvalue weighted by molar-refractivity contribution is -0.119. The first kappa shape index (κ1) is 12.1. The van der Waals surface area contributed by atoms with E-state index in [2.05, 4.69) is 20.3 Å². The Morgan fingerprint density at radius 3 is 2.72 bits per heavy atom. The van der Waals surface area contributed by atoms with Crippen LogP contribution in [-0.4, -0.2) is 34.6 Å². The highest BCUT2D eigenvalue weighted by molar-refractivity contribution is 5.91. The Labute approximate surface area is 104 Å². The van der Waals surface area contributed by atoms with Gasteiger partial charge in [-0.3, -0.25) is 9.78 Å². The molecular weight excluding hydrogens is 232 g/mol. The predicted molar refractivity (Wildman–Crippen MR) is 65.8 cm³/mol. The van der Waals surface area contributed by atoms with Crippen molar-refractivity contribution >= 4 is 11.6 Å². The van der Waals surface area contributed by atoms with Crippen molar-refractivity contribution < 1.29 is 9.53 Å². The van der Waals surface area contributed by atoms with Gasteiger partial charge in [0.25, 0.3) is 0 Å². The Morgan fingerprint density at radius 1 is 1.33 bits per heavy atom. The van der Waals surface area contributed by atoms with Crippen LogP contribution < -0.4 is 5.32 Å². The smallest absolute Gasteiger partial charge is 0.250 e. The topological polar surface area (TPSA) is 77.0 Å². The zero-order valence-electron chi connectivity index (χ0n) is 9.83. The van der Waals surface area contributed by atoms with E-state index >= 15 is 0 Å². The number of anilines is 1. The number of hydrogen-bond donors (Lipinski definition) is 1. The summed E-state index contributed by atoms with van der Waals surface area (Å²) in [7, 11) is 1.46. The molecule has 0 fully saturated rings. The minimum atomic E-state index is -0.241. The third-order valence-corrected chi connectivity index (χ3v) is 2.13.